The number of hydrogen-bond donors (Lipinski definition) is 1. The second kappa shape index (κ2) is 7.20. The van der Waals surface area contributed by atoms with Crippen LogP contribution in [-0.4, -0.2) is 15.7 Å². The monoisotopic (exact) mass is 285 g/mol. The molecule has 0 aromatic carbocycles. The van der Waals surface area contributed by atoms with Crippen molar-refractivity contribution >= 4 is 11.8 Å². The topological polar surface area (TPSA) is 51.0 Å². The third kappa shape index (κ3) is 4.96. The predicted octanol–water partition coefficient (Wildman–Crippen LogP) is 2.82. The molecule has 0 saturated carbocycles. The van der Waals surface area contributed by atoms with E-state index < -0.39 is 5.76 Å². The van der Waals surface area contributed by atoms with Crippen LogP contribution in [0.2, 0.25) is 0 Å². The lowest BCUT2D eigenvalue weighted by molar-refractivity contribution is 0.251. The first kappa shape index (κ1) is 14.0. The smallest absolute Gasteiger partial charge is 0.284 e. The Balaban J connectivity index is 1.74. The average Bonchev–Trinajstić information content (AvgIpc) is 2.86. The van der Waals surface area contributed by atoms with Gasteiger partial charge in [-0.15, -0.1) is 0 Å². The molecular formula is C12H13F2N3OS. The van der Waals surface area contributed by atoms with Crippen molar-refractivity contribution in [3.63, 3.8) is 0 Å². The molecule has 2 heterocycles. The first-order valence-corrected chi connectivity index (χ1v) is 6.72. The SMILES string of the molecule is FC(F)SCc1ccc(CNCc2ccncn2)o1. The Bertz CT molecular complexity index is 493. The van der Waals surface area contributed by atoms with E-state index in [2.05, 4.69) is 15.3 Å². The summed E-state index contributed by atoms with van der Waals surface area (Å²) in [5.41, 5.74) is 0.884. The Hall–Kier alpha value is -1.47. The molecule has 0 bridgehead atoms. The van der Waals surface area contributed by atoms with E-state index in [0.717, 1.165) is 11.5 Å². The molecule has 0 unspecified atom stereocenters. The number of halogens is 2. The molecule has 0 amide bonds. The molecule has 102 valence electrons. The van der Waals surface area contributed by atoms with Crippen molar-refractivity contribution in [1.29, 1.82) is 0 Å². The first-order chi connectivity index (χ1) is 9.24. The molecular weight excluding hydrogens is 272 g/mol. The molecule has 0 spiro atoms. The molecule has 2 aromatic rings. The van der Waals surface area contributed by atoms with Gasteiger partial charge >= 0.3 is 0 Å². The summed E-state index contributed by atoms with van der Waals surface area (Å²) in [5.74, 6) is -0.906. The van der Waals surface area contributed by atoms with Crippen LogP contribution in [0.4, 0.5) is 8.78 Å². The molecule has 2 aromatic heterocycles. The molecule has 0 atom stereocenters. The number of hydrogen-bond acceptors (Lipinski definition) is 5. The zero-order valence-electron chi connectivity index (χ0n) is 10.1. The van der Waals surface area contributed by atoms with Crippen molar-refractivity contribution in [3.8, 4) is 0 Å². The van der Waals surface area contributed by atoms with E-state index in [1.165, 1.54) is 6.33 Å². The number of rotatable bonds is 7. The molecule has 0 aliphatic carbocycles. The number of thioether (sulfide) groups is 1. The summed E-state index contributed by atoms with van der Waals surface area (Å²) in [6.07, 6.45) is 3.17. The third-order valence-corrected chi connectivity index (χ3v) is 3.02. The van der Waals surface area contributed by atoms with Crippen molar-refractivity contribution in [2.45, 2.75) is 24.6 Å². The third-order valence-electron chi connectivity index (χ3n) is 2.32. The lowest BCUT2D eigenvalue weighted by Gasteiger charge is -2.01. The fourth-order valence-electron chi connectivity index (χ4n) is 1.48. The van der Waals surface area contributed by atoms with Gasteiger partial charge < -0.3 is 9.73 Å². The van der Waals surface area contributed by atoms with E-state index in [1.807, 2.05) is 6.07 Å². The van der Waals surface area contributed by atoms with Gasteiger partial charge in [0.25, 0.3) is 5.76 Å². The molecule has 4 nitrogen and oxygen atoms in total. The molecule has 0 aliphatic heterocycles. The Labute approximate surface area is 113 Å². The lowest BCUT2D eigenvalue weighted by atomic mass is 10.4. The van der Waals surface area contributed by atoms with Crippen LogP contribution < -0.4 is 5.32 Å². The van der Waals surface area contributed by atoms with Gasteiger partial charge in [-0.2, -0.15) is 8.78 Å². The van der Waals surface area contributed by atoms with Crippen molar-refractivity contribution in [3.05, 3.63) is 47.9 Å². The maximum absolute atomic E-state index is 12.0. The largest absolute Gasteiger partial charge is 0.464 e. The minimum atomic E-state index is -2.37. The van der Waals surface area contributed by atoms with Gasteiger partial charge in [-0.1, -0.05) is 11.8 Å². The van der Waals surface area contributed by atoms with Gasteiger partial charge in [-0.3, -0.25) is 0 Å². The zero-order valence-corrected chi connectivity index (χ0v) is 10.9. The molecule has 0 saturated heterocycles. The zero-order chi connectivity index (χ0) is 13.5. The Morgan fingerprint density at radius 3 is 2.79 bits per heavy atom. The Kier molecular flexibility index (Phi) is 5.29. The molecule has 0 radical (unpaired) electrons. The molecule has 0 aliphatic rings. The van der Waals surface area contributed by atoms with Crippen LogP contribution >= 0.6 is 11.8 Å². The van der Waals surface area contributed by atoms with Gasteiger partial charge in [0.1, 0.15) is 17.8 Å². The second-order valence-corrected chi connectivity index (χ2v) is 4.72. The summed E-state index contributed by atoms with van der Waals surface area (Å²) < 4.78 is 29.5. The van der Waals surface area contributed by atoms with Crippen LogP contribution in [0.25, 0.3) is 0 Å². The van der Waals surface area contributed by atoms with E-state index in [9.17, 15) is 8.78 Å². The summed E-state index contributed by atoms with van der Waals surface area (Å²) in [6, 6.07) is 5.32. The van der Waals surface area contributed by atoms with Crippen LogP contribution in [0.3, 0.4) is 0 Å². The maximum atomic E-state index is 12.0. The predicted molar refractivity (Wildman–Crippen MR) is 68.6 cm³/mol. The Morgan fingerprint density at radius 1 is 1.21 bits per heavy atom. The van der Waals surface area contributed by atoms with Crippen LogP contribution in [-0.2, 0) is 18.8 Å². The van der Waals surface area contributed by atoms with Crippen molar-refractivity contribution in [1.82, 2.24) is 15.3 Å². The molecule has 1 N–H and O–H groups in total. The summed E-state index contributed by atoms with van der Waals surface area (Å²) >= 11 is 0.554. The van der Waals surface area contributed by atoms with Gasteiger partial charge in [0.05, 0.1) is 18.0 Å². The van der Waals surface area contributed by atoms with E-state index in [4.69, 9.17) is 4.42 Å². The number of alkyl halides is 2. The normalized spacial score (nSPS) is 11.1. The highest BCUT2D eigenvalue weighted by Gasteiger charge is 2.07. The van der Waals surface area contributed by atoms with Gasteiger partial charge in [0.2, 0.25) is 0 Å². The fourth-order valence-corrected chi connectivity index (χ4v) is 1.92. The van der Waals surface area contributed by atoms with E-state index >= 15 is 0 Å². The van der Waals surface area contributed by atoms with Gasteiger partial charge in [0, 0.05) is 12.7 Å². The van der Waals surface area contributed by atoms with Crippen molar-refractivity contribution < 1.29 is 13.2 Å². The van der Waals surface area contributed by atoms with Gasteiger partial charge in [0.15, 0.2) is 0 Å². The van der Waals surface area contributed by atoms with Crippen LogP contribution in [0.1, 0.15) is 17.2 Å². The van der Waals surface area contributed by atoms with Crippen LogP contribution in [0.15, 0.2) is 35.1 Å². The lowest BCUT2D eigenvalue weighted by Crippen LogP contribution is -2.13. The number of nitrogens with one attached hydrogen (secondary N) is 1. The van der Waals surface area contributed by atoms with E-state index in [1.54, 1.807) is 18.3 Å². The summed E-state index contributed by atoms with van der Waals surface area (Å²) in [6.45, 7) is 1.13. The number of aromatic nitrogens is 2. The van der Waals surface area contributed by atoms with Gasteiger partial charge in [-0.25, -0.2) is 9.97 Å². The number of nitrogens with zero attached hydrogens (tertiary/aromatic N) is 2. The second-order valence-electron chi connectivity index (χ2n) is 3.74. The average molecular weight is 285 g/mol. The molecule has 19 heavy (non-hydrogen) atoms. The maximum Gasteiger partial charge on any atom is 0.284 e. The standard InChI is InChI=1S/C12H13F2N3OS/c13-12(14)19-7-11-2-1-10(18-11)6-16-5-9-3-4-15-8-17-9/h1-4,8,12,16H,5-7H2. The quantitative estimate of drug-likeness (QED) is 0.847. The highest BCUT2D eigenvalue weighted by Crippen LogP contribution is 2.21. The molecule has 2 rings (SSSR count). The molecule has 7 heteroatoms. The Morgan fingerprint density at radius 2 is 2.05 bits per heavy atom. The van der Waals surface area contributed by atoms with E-state index in [-0.39, 0.29) is 5.75 Å². The summed E-state index contributed by atoms with van der Waals surface area (Å²) in [5, 5.41) is 3.16. The summed E-state index contributed by atoms with van der Waals surface area (Å²) in [4.78, 5) is 7.90. The van der Waals surface area contributed by atoms with Crippen LogP contribution in [0, 0.1) is 0 Å². The van der Waals surface area contributed by atoms with Crippen molar-refractivity contribution in [2.24, 2.45) is 0 Å². The number of furan rings is 1. The minimum absolute atomic E-state index is 0.184. The van der Waals surface area contributed by atoms with Crippen LogP contribution in [0.5, 0.6) is 0 Å². The fraction of sp³-hybridized carbons (Fsp3) is 0.333. The van der Waals surface area contributed by atoms with Gasteiger partial charge in [-0.05, 0) is 18.2 Å². The highest BCUT2D eigenvalue weighted by atomic mass is 32.2. The highest BCUT2D eigenvalue weighted by molar-refractivity contribution is 7.98. The van der Waals surface area contributed by atoms with E-state index in [0.29, 0.717) is 30.6 Å². The first-order valence-electron chi connectivity index (χ1n) is 5.67. The summed E-state index contributed by atoms with van der Waals surface area (Å²) in [7, 11) is 0. The minimum Gasteiger partial charge on any atom is -0.464 e. The molecule has 0 fully saturated rings. The van der Waals surface area contributed by atoms with Crippen molar-refractivity contribution in [2.75, 3.05) is 0 Å².